The number of hydrogen-bond donors (Lipinski definition) is 2. The van der Waals surface area contributed by atoms with E-state index >= 15 is 0 Å². The molecule has 1 heterocycles. The number of carbonyl (C=O) groups is 3. The van der Waals surface area contributed by atoms with Gasteiger partial charge in [-0.25, -0.2) is 0 Å². The quantitative estimate of drug-likeness (QED) is 0.340. The zero-order chi connectivity index (χ0) is 27.7. The summed E-state index contributed by atoms with van der Waals surface area (Å²) >= 11 is 1.29. The fourth-order valence-corrected chi connectivity index (χ4v) is 4.40. The fourth-order valence-electron chi connectivity index (χ4n) is 3.76. The average Bonchev–Trinajstić information content (AvgIpc) is 3.46. The average molecular weight is 538 g/mol. The number of nitrogens with zero attached hydrogens (tertiary/aromatic N) is 1. The van der Waals surface area contributed by atoms with Crippen molar-refractivity contribution >= 4 is 34.7 Å². The predicted molar refractivity (Wildman–Crippen MR) is 150 cm³/mol. The molecule has 3 rings (SSSR count). The normalized spacial score (nSPS) is 11.8. The Morgan fingerprint density at radius 3 is 2.34 bits per heavy atom. The lowest BCUT2D eigenvalue weighted by Gasteiger charge is -2.35. The second-order valence-electron chi connectivity index (χ2n) is 9.26. The summed E-state index contributed by atoms with van der Waals surface area (Å²) in [5.41, 5.74) is 0.552. The zero-order valence-electron chi connectivity index (χ0n) is 22.4. The summed E-state index contributed by atoms with van der Waals surface area (Å²) < 4.78 is 11.0. The van der Waals surface area contributed by atoms with E-state index in [9.17, 15) is 14.4 Å². The van der Waals surface area contributed by atoms with E-state index in [1.54, 1.807) is 73.2 Å². The third-order valence-electron chi connectivity index (χ3n) is 6.10. The molecule has 0 fully saturated rings. The molecule has 202 valence electrons. The first-order valence-corrected chi connectivity index (χ1v) is 13.4. The summed E-state index contributed by atoms with van der Waals surface area (Å²) in [5, 5.41) is 7.57. The maximum atomic E-state index is 13.9. The number of methoxy groups -OCH3 is 1. The third kappa shape index (κ3) is 7.35. The minimum Gasteiger partial charge on any atom is -0.497 e. The molecule has 8 nitrogen and oxygen atoms in total. The van der Waals surface area contributed by atoms with E-state index in [2.05, 4.69) is 10.6 Å². The SMILES string of the molecule is CCOc1ccc(N(C(=O)CNC(=O)c2cccs2)[C@@H](C(=O)NC(C)(C)CC)c2cccc(OC)c2)cc1. The zero-order valence-corrected chi connectivity index (χ0v) is 23.3. The standard InChI is InChI=1S/C29H35N3O5S/c1-6-29(3,4)31-28(35)26(20-10-8-11-23(18-20)36-5)32(21-13-15-22(16-14-21)37-7-2)25(33)19-30-27(34)24-12-9-17-38-24/h8-18,26H,6-7,19H2,1-5H3,(H,30,34)(H,31,35)/t26-/m1/s1. The highest BCUT2D eigenvalue weighted by molar-refractivity contribution is 7.12. The van der Waals surface area contributed by atoms with E-state index < -0.39 is 17.5 Å². The van der Waals surface area contributed by atoms with Crippen LogP contribution in [0.3, 0.4) is 0 Å². The molecule has 2 aromatic carbocycles. The first kappa shape index (κ1) is 28.7. The van der Waals surface area contributed by atoms with Crippen LogP contribution in [0.4, 0.5) is 5.69 Å². The highest BCUT2D eigenvalue weighted by atomic mass is 32.1. The van der Waals surface area contributed by atoms with Crippen LogP contribution in [0.5, 0.6) is 11.5 Å². The number of carbonyl (C=O) groups excluding carboxylic acids is 3. The highest BCUT2D eigenvalue weighted by Crippen LogP contribution is 2.32. The Bertz CT molecular complexity index is 1230. The first-order valence-electron chi connectivity index (χ1n) is 12.5. The predicted octanol–water partition coefficient (Wildman–Crippen LogP) is 4.96. The van der Waals surface area contributed by atoms with Gasteiger partial charge in [0.1, 0.15) is 17.5 Å². The van der Waals surface area contributed by atoms with Crippen LogP contribution in [-0.4, -0.2) is 43.5 Å². The lowest BCUT2D eigenvalue weighted by molar-refractivity contribution is -0.127. The van der Waals surface area contributed by atoms with Crippen LogP contribution in [0, 0.1) is 0 Å². The number of nitrogens with one attached hydrogen (secondary N) is 2. The van der Waals surface area contributed by atoms with Gasteiger partial charge < -0.3 is 20.1 Å². The van der Waals surface area contributed by atoms with Crippen LogP contribution < -0.4 is 25.0 Å². The van der Waals surface area contributed by atoms with Gasteiger partial charge in [-0.1, -0.05) is 25.1 Å². The molecule has 1 atom stereocenters. The van der Waals surface area contributed by atoms with Crippen LogP contribution >= 0.6 is 11.3 Å². The van der Waals surface area contributed by atoms with E-state index in [-0.39, 0.29) is 18.4 Å². The molecule has 0 unspecified atom stereocenters. The van der Waals surface area contributed by atoms with Crippen molar-refractivity contribution in [3.05, 3.63) is 76.5 Å². The fraction of sp³-hybridized carbons (Fsp3) is 0.345. The Hall–Kier alpha value is -3.85. The van der Waals surface area contributed by atoms with Crippen LogP contribution in [-0.2, 0) is 9.59 Å². The van der Waals surface area contributed by atoms with E-state index in [1.807, 2.05) is 27.7 Å². The monoisotopic (exact) mass is 537 g/mol. The van der Waals surface area contributed by atoms with Crippen LogP contribution in [0.25, 0.3) is 0 Å². The van der Waals surface area contributed by atoms with Gasteiger partial charge in [-0.15, -0.1) is 11.3 Å². The molecule has 0 aliphatic carbocycles. The van der Waals surface area contributed by atoms with E-state index in [4.69, 9.17) is 9.47 Å². The second-order valence-corrected chi connectivity index (χ2v) is 10.2. The Morgan fingerprint density at radius 1 is 1.00 bits per heavy atom. The lowest BCUT2D eigenvalue weighted by atomic mass is 9.98. The summed E-state index contributed by atoms with van der Waals surface area (Å²) in [6, 6.07) is 16.5. The summed E-state index contributed by atoms with van der Waals surface area (Å²) in [7, 11) is 1.55. The molecular formula is C29H35N3O5S. The number of amides is 3. The topological polar surface area (TPSA) is 97.0 Å². The van der Waals surface area contributed by atoms with Crippen molar-refractivity contribution in [2.75, 3.05) is 25.2 Å². The molecule has 0 aliphatic heterocycles. The van der Waals surface area contributed by atoms with E-state index in [0.29, 0.717) is 40.7 Å². The first-order chi connectivity index (χ1) is 18.2. The Morgan fingerprint density at radius 2 is 1.74 bits per heavy atom. The molecule has 0 aliphatic rings. The molecule has 38 heavy (non-hydrogen) atoms. The highest BCUT2D eigenvalue weighted by Gasteiger charge is 2.35. The molecule has 0 saturated carbocycles. The number of anilines is 1. The molecule has 9 heteroatoms. The second kappa shape index (κ2) is 13.1. The van der Waals surface area contributed by atoms with Crippen LogP contribution in [0.15, 0.2) is 66.0 Å². The van der Waals surface area contributed by atoms with Gasteiger partial charge in [0.05, 0.1) is 25.1 Å². The van der Waals surface area contributed by atoms with Crippen molar-refractivity contribution in [2.45, 2.75) is 45.7 Å². The van der Waals surface area contributed by atoms with Gasteiger partial charge in [-0.05, 0) is 80.6 Å². The summed E-state index contributed by atoms with van der Waals surface area (Å²) in [4.78, 5) is 42.2. The molecule has 1 aromatic heterocycles. The van der Waals surface area contributed by atoms with Gasteiger partial charge in [-0.3, -0.25) is 19.3 Å². The molecule has 0 bridgehead atoms. The maximum absolute atomic E-state index is 13.9. The van der Waals surface area contributed by atoms with Crippen LogP contribution in [0.1, 0.15) is 55.4 Å². The van der Waals surface area contributed by atoms with Crippen LogP contribution in [0.2, 0.25) is 0 Å². The van der Waals surface area contributed by atoms with Gasteiger partial charge in [0, 0.05) is 11.2 Å². The lowest BCUT2D eigenvalue weighted by Crippen LogP contribution is -2.52. The van der Waals surface area contributed by atoms with Crippen molar-refractivity contribution in [3.8, 4) is 11.5 Å². The largest absolute Gasteiger partial charge is 0.497 e. The molecule has 0 saturated heterocycles. The summed E-state index contributed by atoms with van der Waals surface area (Å²) in [5.74, 6) is 0.0482. The molecule has 3 aromatic rings. The minimum atomic E-state index is -1.03. The molecule has 0 spiro atoms. The number of rotatable bonds is 12. The van der Waals surface area contributed by atoms with Gasteiger partial charge in [0.15, 0.2) is 0 Å². The van der Waals surface area contributed by atoms with Crippen molar-refractivity contribution in [3.63, 3.8) is 0 Å². The van der Waals surface area contributed by atoms with Crippen molar-refractivity contribution in [2.24, 2.45) is 0 Å². The van der Waals surface area contributed by atoms with Gasteiger partial charge >= 0.3 is 0 Å². The Kier molecular flexibility index (Phi) is 9.90. The number of benzene rings is 2. The third-order valence-corrected chi connectivity index (χ3v) is 6.97. The van der Waals surface area contributed by atoms with Crippen molar-refractivity contribution < 1.29 is 23.9 Å². The number of hydrogen-bond acceptors (Lipinski definition) is 6. The summed E-state index contributed by atoms with van der Waals surface area (Å²) in [6.45, 7) is 7.93. The van der Waals surface area contributed by atoms with E-state index in [1.165, 1.54) is 16.2 Å². The number of thiophene rings is 1. The summed E-state index contributed by atoms with van der Waals surface area (Å²) in [6.07, 6.45) is 0.692. The van der Waals surface area contributed by atoms with Gasteiger partial charge in [0.25, 0.3) is 5.91 Å². The molecule has 2 N–H and O–H groups in total. The van der Waals surface area contributed by atoms with Crippen molar-refractivity contribution in [1.29, 1.82) is 0 Å². The molecule has 0 radical (unpaired) electrons. The maximum Gasteiger partial charge on any atom is 0.261 e. The van der Waals surface area contributed by atoms with E-state index in [0.717, 1.165) is 0 Å². The molecule has 3 amide bonds. The Balaban J connectivity index is 2.06. The number of ether oxygens (including phenoxy) is 2. The van der Waals surface area contributed by atoms with Gasteiger partial charge in [0.2, 0.25) is 11.8 Å². The smallest absolute Gasteiger partial charge is 0.261 e. The minimum absolute atomic E-state index is 0.297. The van der Waals surface area contributed by atoms with Gasteiger partial charge in [-0.2, -0.15) is 0 Å². The Labute approximate surface area is 228 Å². The van der Waals surface area contributed by atoms with Crippen molar-refractivity contribution in [1.82, 2.24) is 10.6 Å². The molecular weight excluding hydrogens is 502 g/mol.